The van der Waals surface area contributed by atoms with Crippen molar-refractivity contribution in [2.45, 2.75) is 12.8 Å². The summed E-state index contributed by atoms with van der Waals surface area (Å²) < 4.78 is 0. The molecule has 8 heavy (non-hydrogen) atoms. The van der Waals surface area contributed by atoms with Gasteiger partial charge in [-0.25, -0.2) is 4.79 Å². The fourth-order valence-electron chi connectivity index (χ4n) is 0.320. The van der Waals surface area contributed by atoms with Crippen LogP contribution in [0.15, 0.2) is 0 Å². The fourth-order valence-corrected chi connectivity index (χ4v) is 0.320. The Hall–Kier alpha value is -0.730. The Kier molecular flexibility index (Phi) is 4.03. The summed E-state index contributed by atoms with van der Waals surface area (Å²) in [4.78, 5) is 9.74. The van der Waals surface area contributed by atoms with Crippen LogP contribution in [0.5, 0.6) is 0 Å². The van der Waals surface area contributed by atoms with Gasteiger partial charge in [0, 0.05) is 6.54 Å². The summed E-state index contributed by atoms with van der Waals surface area (Å²) in [6.07, 6.45) is 0.630. The van der Waals surface area contributed by atoms with E-state index in [9.17, 15) is 4.79 Å². The van der Waals surface area contributed by atoms with Crippen molar-refractivity contribution in [3.8, 4) is 0 Å². The molecule has 0 rings (SSSR count). The van der Waals surface area contributed by atoms with E-state index in [1.807, 2.05) is 0 Å². The van der Waals surface area contributed by atoms with Crippen molar-refractivity contribution < 1.29 is 9.90 Å². The zero-order valence-electron chi connectivity index (χ0n) is 4.68. The van der Waals surface area contributed by atoms with E-state index in [0.29, 0.717) is 6.54 Å². The minimum absolute atomic E-state index is 0.513. The molecule has 0 aromatic heterocycles. The molecule has 0 spiro atoms. The average Bonchev–Trinajstić information content (AvgIpc) is 1.66. The molecule has 47 valence electrons. The van der Waals surface area contributed by atoms with Gasteiger partial charge in [0.2, 0.25) is 0 Å². The molecule has 0 aliphatic rings. The lowest BCUT2D eigenvalue weighted by atomic mass is 10.3. The van der Waals surface area contributed by atoms with Gasteiger partial charge in [-0.2, -0.15) is 0 Å². The van der Waals surface area contributed by atoms with Crippen LogP contribution < -0.4 is 5.32 Å². The lowest BCUT2D eigenvalue weighted by molar-refractivity contribution is 0.194. The standard InChI is InChI=1S/C5H10NO2/c1-2-3-4-6-5(7)8/h6H,1-4H2,(H,7,8). The molecule has 0 saturated carbocycles. The van der Waals surface area contributed by atoms with Gasteiger partial charge in [-0.05, 0) is 6.42 Å². The van der Waals surface area contributed by atoms with Gasteiger partial charge in [0.05, 0.1) is 0 Å². The smallest absolute Gasteiger partial charge is 0.404 e. The van der Waals surface area contributed by atoms with Crippen LogP contribution in [0, 0.1) is 6.92 Å². The minimum atomic E-state index is -0.960. The molecule has 0 atom stereocenters. The van der Waals surface area contributed by atoms with E-state index in [-0.39, 0.29) is 0 Å². The quantitative estimate of drug-likeness (QED) is 0.537. The Morgan fingerprint density at radius 2 is 2.38 bits per heavy atom. The van der Waals surface area contributed by atoms with Crippen LogP contribution in [0.25, 0.3) is 0 Å². The van der Waals surface area contributed by atoms with Gasteiger partial charge < -0.3 is 10.4 Å². The molecule has 1 radical (unpaired) electrons. The normalized spacial score (nSPS) is 8.62. The molecular weight excluding hydrogens is 106 g/mol. The average molecular weight is 116 g/mol. The third-order valence-corrected chi connectivity index (χ3v) is 0.703. The van der Waals surface area contributed by atoms with Crippen molar-refractivity contribution in [1.82, 2.24) is 5.32 Å². The maximum Gasteiger partial charge on any atom is 0.404 e. The van der Waals surface area contributed by atoms with Gasteiger partial charge >= 0.3 is 6.09 Å². The molecule has 0 saturated heterocycles. The molecule has 0 bridgehead atoms. The fraction of sp³-hybridized carbons (Fsp3) is 0.600. The van der Waals surface area contributed by atoms with Gasteiger partial charge in [0.15, 0.2) is 0 Å². The number of nitrogens with one attached hydrogen (secondary N) is 1. The Balaban J connectivity index is 2.82. The van der Waals surface area contributed by atoms with Crippen molar-refractivity contribution >= 4 is 6.09 Å². The second kappa shape index (κ2) is 4.43. The lowest BCUT2D eigenvalue weighted by Gasteiger charge is -1.94. The van der Waals surface area contributed by atoms with E-state index in [1.54, 1.807) is 0 Å². The summed E-state index contributed by atoms with van der Waals surface area (Å²) in [5.74, 6) is 0. The molecule has 0 aromatic carbocycles. The molecule has 0 fully saturated rings. The van der Waals surface area contributed by atoms with Gasteiger partial charge in [-0.15, -0.1) is 0 Å². The monoisotopic (exact) mass is 116 g/mol. The number of amides is 1. The number of hydrogen-bond acceptors (Lipinski definition) is 1. The van der Waals surface area contributed by atoms with Crippen LogP contribution in [0.1, 0.15) is 12.8 Å². The second-order valence-electron chi connectivity index (χ2n) is 1.44. The van der Waals surface area contributed by atoms with Crippen molar-refractivity contribution in [3.05, 3.63) is 6.92 Å². The van der Waals surface area contributed by atoms with Crippen LogP contribution in [0.2, 0.25) is 0 Å². The topological polar surface area (TPSA) is 49.3 Å². The number of rotatable bonds is 3. The highest BCUT2D eigenvalue weighted by Gasteiger charge is 1.88. The Labute approximate surface area is 48.7 Å². The first-order valence-electron chi connectivity index (χ1n) is 2.53. The van der Waals surface area contributed by atoms with Crippen molar-refractivity contribution in [2.75, 3.05) is 6.54 Å². The van der Waals surface area contributed by atoms with Gasteiger partial charge in [0.25, 0.3) is 0 Å². The maximum absolute atomic E-state index is 9.74. The van der Waals surface area contributed by atoms with E-state index in [2.05, 4.69) is 12.2 Å². The summed E-state index contributed by atoms with van der Waals surface area (Å²) >= 11 is 0. The predicted molar refractivity (Wildman–Crippen MR) is 30.6 cm³/mol. The maximum atomic E-state index is 9.74. The molecule has 0 heterocycles. The third-order valence-electron chi connectivity index (χ3n) is 0.703. The minimum Gasteiger partial charge on any atom is -0.465 e. The van der Waals surface area contributed by atoms with E-state index in [0.717, 1.165) is 12.8 Å². The number of unbranched alkanes of at least 4 members (excludes halogenated alkanes) is 1. The highest BCUT2D eigenvalue weighted by Crippen LogP contribution is 1.80. The van der Waals surface area contributed by atoms with Gasteiger partial charge in [-0.1, -0.05) is 13.3 Å². The van der Waals surface area contributed by atoms with E-state index in [4.69, 9.17) is 5.11 Å². The Morgan fingerprint density at radius 3 is 2.75 bits per heavy atom. The third kappa shape index (κ3) is 5.27. The van der Waals surface area contributed by atoms with Crippen LogP contribution in [0.4, 0.5) is 4.79 Å². The predicted octanol–water partition coefficient (Wildman–Crippen LogP) is 0.868. The van der Waals surface area contributed by atoms with Crippen LogP contribution in [0.3, 0.4) is 0 Å². The summed E-state index contributed by atoms with van der Waals surface area (Å²) in [5.41, 5.74) is 0. The molecule has 1 amide bonds. The van der Waals surface area contributed by atoms with Crippen molar-refractivity contribution in [1.29, 1.82) is 0 Å². The van der Waals surface area contributed by atoms with Crippen LogP contribution >= 0.6 is 0 Å². The van der Waals surface area contributed by atoms with Gasteiger partial charge in [-0.3, -0.25) is 0 Å². The van der Waals surface area contributed by atoms with Crippen molar-refractivity contribution in [3.63, 3.8) is 0 Å². The van der Waals surface area contributed by atoms with Crippen molar-refractivity contribution in [2.24, 2.45) is 0 Å². The molecule has 0 aromatic rings. The first-order chi connectivity index (χ1) is 3.77. The molecular formula is C5H10NO2. The number of carbonyl (C=O) groups is 1. The van der Waals surface area contributed by atoms with Crippen LogP contribution in [-0.4, -0.2) is 17.7 Å². The molecule has 2 N–H and O–H groups in total. The molecule has 0 aliphatic carbocycles. The lowest BCUT2D eigenvalue weighted by Crippen LogP contribution is -2.21. The molecule has 3 nitrogen and oxygen atoms in total. The zero-order chi connectivity index (χ0) is 6.41. The molecule has 0 unspecified atom stereocenters. The summed E-state index contributed by atoms with van der Waals surface area (Å²) in [7, 11) is 0. The van der Waals surface area contributed by atoms with E-state index < -0.39 is 6.09 Å². The van der Waals surface area contributed by atoms with E-state index >= 15 is 0 Å². The molecule has 0 aliphatic heterocycles. The van der Waals surface area contributed by atoms with E-state index in [1.165, 1.54) is 0 Å². The highest BCUT2D eigenvalue weighted by atomic mass is 16.4. The Bertz CT molecular complexity index is 72.8. The SMILES string of the molecule is [CH2]CCCNC(=O)O. The largest absolute Gasteiger partial charge is 0.465 e. The Morgan fingerprint density at radius 1 is 1.75 bits per heavy atom. The summed E-state index contributed by atoms with van der Waals surface area (Å²) in [6, 6.07) is 0. The zero-order valence-corrected chi connectivity index (χ0v) is 4.68. The summed E-state index contributed by atoms with van der Waals surface area (Å²) in [6.45, 7) is 4.06. The highest BCUT2D eigenvalue weighted by molar-refractivity contribution is 5.64. The first-order valence-corrected chi connectivity index (χ1v) is 2.53. The first kappa shape index (κ1) is 7.27. The second-order valence-corrected chi connectivity index (χ2v) is 1.44. The van der Waals surface area contributed by atoms with Crippen LogP contribution in [-0.2, 0) is 0 Å². The number of carboxylic acid groups (broad SMARTS) is 1. The summed E-state index contributed by atoms with van der Waals surface area (Å²) in [5, 5.41) is 10.2. The number of hydrogen-bond donors (Lipinski definition) is 2. The molecule has 3 heteroatoms. The van der Waals surface area contributed by atoms with Gasteiger partial charge in [0.1, 0.15) is 0 Å².